The highest BCUT2D eigenvalue weighted by Crippen LogP contribution is 2.48. The normalized spacial score (nSPS) is 19.5. The van der Waals surface area contributed by atoms with Crippen LogP contribution >= 0.6 is 0 Å². The fraction of sp³-hybridized carbons (Fsp3) is 0.500. The van der Waals surface area contributed by atoms with Gasteiger partial charge in [-0.1, -0.05) is 18.2 Å². The van der Waals surface area contributed by atoms with Crippen LogP contribution in [-0.2, 0) is 11.2 Å². The van der Waals surface area contributed by atoms with Gasteiger partial charge >= 0.3 is 5.97 Å². The van der Waals surface area contributed by atoms with Gasteiger partial charge in [-0.3, -0.25) is 4.79 Å². The minimum absolute atomic E-state index is 0.139. The van der Waals surface area contributed by atoms with Gasteiger partial charge in [0.1, 0.15) is 5.75 Å². The molecule has 3 nitrogen and oxygen atoms in total. The van der Waals surface area contributed by atoms with E-state index in [0.717, 1.165) is 37.2 Å². The van der Waals surface area contributed by atoms with Crippen molar-refractivity contribution in [3.8, 4) is 5.75 Å². The number of carbonyl (C=O) groups is 1. The van der Waals surface area contributed by atoms with Crippen LogP contribution in [0.15, 0.2) is 18.2 Å². The second kappa shape index (κ2) is 4.06. The van der Waals surface area contributed by atoms with Crippen molar-refractivity contribution in [1.82, 2.24) is 0 Å². The number of ether oxygens (including phenoxy) is 1. The molecule has 0 spiro atoms. The molecule has 0 bridgehead atoms. The lowest BCUT2D eigenvalue weighted by atomic mass is 9.89. The van der Waals surface area contributed by atoms with E-state index in [1.807, 2.05) is 12.1 Å². The molecule has 0 amide bonds. The average Bonchev–Trinajstić information content (AvgIpc) is 3.02. The molecule has 0 saturated heterocycles. The summed E-state index contributed by atoms with van der Waals surface area (Å²) in [6, 6.07) is 6.15. The molecule has 1 heterocycles. The molecular formula is C14H16O3. The van der Waals surface area contributed by atoms with Gasteiger partial charge in [0, 0.05) is 12.3 Å². The maximum absolute atomic E-state index is 11.0. The Morgan fingerprint density at radius 1 is 1.47 bits per heavy atom. The first-order valence-corrected chi connectivity index (χ1v) is 6.22. The Labute approximate surface area is 100 Å². The molecule has 0 aromatic heterocycles. The van der Waals surface area contributed by atoms with E-state index >= 15 is 0 Å². The summed E-state index contributed by atoms with van der Waals surface area (Å²) in [5.41, 5.74) is 2.35. The summed E-state index contributed by atoms with van der Waals surface area (Å²) in [6.07, 6.45) is 3.49. The van der Waals surface area contributed by atoms with E-state index < -0.39 is 5.97 Å². The van der Waals surface area contributed by atoms with E-state index in [2.05, 4.69) is 6.07 Å². The van der Waals surface area contributed by atoms with E-state index in [1.54, 1.807) is 0 Å². The highest BCUT2D eigenvalue weighted by Gasteiger charge is 2.36. The quantitative estimate of drug-likeness (QED) is 0.867. The van der Waals surface area contributed by atoms with Crippen LogP contribution in [0.5, 0.6) is 5.75 Å². The van der Waals surface area contributed by atoms with Crippen LogP contribution in [0.4, 0.5) is 0 Å². The topological polar surface area (TPSA) is 46.5 Å². The summed E-state index contributed by atoms with van der Waals surface area (Å²) in [6.45, 7) is 0.733. The number of hydrogen-bond donors (Lipinski definition) is 1. The number of carboxylic acid groups (broad SMARTS) is 1. The Hall–Kier alpha value is -1.51. The predicted molar refractivity (Wildman–Crippen MR) is 63.4 cm³/mol. The van der Waals surface area contributed by atoms with Crippen LogP contribution in [-0.4, -0.2) is 17.7 Å². The molecule has 2 aliphatic rings. The standard InChI is InChI=1S/C14H16O3/c15-13(16)8-12(9-4-5-9)11-3-1-2-10-6-7-17-14(10)11/h1-3,9,12H,4-8H2,(H,15,16). The van der Waals surface area contributed by atoms with Gasteiger partial charge < -0.3 is 9.84 Å². The average molecular weight is 232 g/mol. The van der Waals surface area contributed by atoms with E-state index in [1.165, 1.54) is 5.56 Å². The van der Waals surface area contributed by atoms with Gasteiger partial charge in [0.05, 0.1) is 13.0 Å². The molecule has 3 rings (SSSR count). The molecule has 90 valence electrons. The third kappa shape index (κ3) is 2.02. The molecule has 17 heavy (non-hydrogen) atoms. The molecule has 1 aromatic carbocycles. The van der Waals surface area contributed by atoms with Crippen LogP contribution in [0.3, 0.4) is 0 Å². The lowest BCUT2D eigenvalue weighted by molar-refractivity contribution is -0.137. The van der Waals surface area contributed by atoms with Crippen molar-refractivity contribution in [3.63, 3.8) is 0 Å². The zero-order valence-electron chi connectivity index (χ0n) is 9.69. The number of rotatable bonds is 4. The van der Waals surface area contributed by atoms with Crippen molar-refractivity contribution < 1.29 is 14.6 Å². The van der Waals surface area contributed by atoms with Gasteiger partial charge in [-0.2, -0.15) is 0 Å². The predicted octanol–water partition coefficient (Wildman–Crippen LogP) is 2.59. The molecule has 1 unspecified atom stereocenters. The van der Waals surface area contributed by atoms with Crippen LogP contribution in [0.1, 0.15) is 36.3 Å². The largest absolute Gasteiger partial charge is 0.493 e. The van der Waals surface area contributed by atoms with Crippen molar-refractivity contribution >= 4 is 5.97 Å². The molecule has 0 radical (unpaired) electrons. The van der Waals surface area contributed by atoms with Crippen molar-refractivity contribution in [2.75, 3.05) is 6.61 Å². The van der Waals surface area contributed by atoms with E-state index in [0.29, 0.717) is 5.92 Å². The van der Waals surface area contributed by atoms with Crippen molar-refractivity contribution in [3.05, 3.63) is 29.3 Å². The first-order valence-electron chi connectivity index (χ1n) is 6.22. The highest BCUT2D eigenvalue weighted by atomic mass is 16.5. The van der Waals surface area contributed by atoms with Gasteiger partial charge in [0.25, 0.3) is 0 Å². The Morgan fingerprint density at radius 3 is 3.00 bits per heavy atom. The second-order valence-corrected chi connectivity index (χ2v) is 4.98. The number of aliphatic carboxylic acids is 1. The zero-order valence-corrected chi connectivity index (χ0v) is 9.69. The smallest absolute Gasteiger partial charge is 0.303 e. The van der Waals surface area contributed by atoms with Crippen LogP contribution in [0.2, 0.25) is 0 Å². The van der Waals surface area contributed by atoms with Gasteiger partial charge in [-0.05, 0) is 29.9 Å². The van der Waals surface area contributed by atoms with Crippen LogP contribution < -0.4 is 4.74 Å². The summed E-state index contributed by atoms with van der Waals surface area (Å²) >= 11 is 0. The highest BCUT2D eigenvalue weighted by molar-refractivity contribution is 5.68. The lowest BCUT2D eigenvalue weighted by Crippen LogP contribution is -2.09. The summed E-state index contributed by atoms with van der Waals surface area (Å²) < 4.78 is 5.68. The molecular weight excluding hydrogens is 216 g/mol. The summed E-state index contributed by atoms with van der Waals surface area (Å²) in [5, 5.41) is 9.03. The van der Waals surface area contributed by atoms with E-state index in [4.69, 9.17) is 9.84 Å². The molecule has 1 aliphatic carbocycles. The minimum Gasteiger partial charge on any atom is -0.493 e. The maximum atomic E-state index is 11.0. The zero-order chi connectivity index (χ0) is 11.8. The Morgan fingerprint density at radius 2 is 2.29 bits per heavy atom. The monoisotopic (exact) mass is 232 g/mol. The van der Waals surface area contributed by atoms with E-state index in [-0.39, 0.29) is 12.3 Å². The molecule has 1 saturated carbocycles. The fourth-order valence-electron chi connectivity index (χ4n) is 2.75. The Balaban J connectivity index is 1.95. The minimum atomic E-state index is -0.711. The maximum Gasteiger partial charge on any atom is 0.303 e. The van der Waals surface area contributed by atoms with Crippen LogP contribution in [0.25, 0.3) is 0 Å². The Kier molecular flexibility index (Phi) is 2.54. The first kappa shape index (κ1) is 10.6. The second-order valence-electron chi connectivity index (χ2n) is 4.98. The molecule has 1 aliphatic heterocycles. The van der Waals surface area contributed by atoms with Gasteiger partial charge in [0.15, 0.2) is 0 Å². The summed E-state index contributed by atoms with van der Waals surface area (Å²) in [7, 11) is 0. The molecule has 1 aromatic rings. The summed E-state index contributed by atoms with van der Waals surface area (Å²) in [4.78, 5) is 11.0. The molecule has 3 heteroatoms. The number of para-hydroxylation sites is 1. The van der Waals surface area contributed by atoms with Crippen molar-refractivity contribution in [2.24, 2.45) is 5.92 Å². The van der Waals surface area contributed by atoms with Gasteiger partial charge in [-0.25, -0.2) is 0 Å². The lowest BCUT2D eigenvalue weighted by Gasteiger charge is -2.17. The van der Waals surface area contributed by atoms with Crippen molar-refractivity contribution in [2.45, 2.75) is 31.6 Å². The fourth-order valence-corrected chi connectivity index (χ4v) is 2.75. The molecule has 1 fully saturated rings. The van der Waals surface area contributed by atoms with Crippen molar-refractivity contribution in [1.29, 1.82) is 0 Å². The van der Waals surface area contributed by atoms with E-state index in [9.17, 15) is 4.79 Å². The summed E-state index contributed by atoms with van der Waals surface area (Å²) in [5.74, 6) is 0.936. The molecule has 1 atom stereocenters. The van der Waals surface area contributed by atoms with Crippen LogP contribution in [0, 0.1) is 5.92 Å². The third-order valence-electron chi connectivity index (χ3n) is 3.73. The number of fused-ring (bicyclic) bond motifs is 1. The SMILES string of the molecule is O=C(O)CC(c1cccc2c1OCC2)C1CC1. The van der Waals surface area contributed by atoms with Gasteiger partial charge in [0.2, 0.25) is 0 Å². The Bertz CT molecular complexity index is 449. The number of hydrogen-bond acceptors (Lipinski definition) is 2. The number of carboxylic acids is 1. The first-order chi connectivity index (χ1) is 8.25. The third-order valence-corrected chi connectivity index (χ3v) is 3.73. The molecule has 1 N–H and O–H groups in total. The van der Waals surface area contributed by atoms with Gasteiger partial charge in [-0.15, -0.1) is 0 Å². The number of benzene rings is 1.